The lowest BCUT2D eigenvalue weighted by molar-refractivity contribution is -0.139. The summed E-state index contributed by atoms with van der Waals surface area (Å²) < 4.78 is 39.7. The molecule has 21 heavy (non-hydrogen) atoms. The third-order valence-electron chi connectivity index (χ3n) is 3.90. The molecule has 1 aliphatic heterocycles. The number of nitrogens with zero attached hydrogens (tertiary/aromatic N) is 1. The van der Waals surface area contributed by atoms with Gasteiger partial charge in [-0.15, -0.1) is 0 Å². The molecule has 0 atom stereocenters. The number of hydrogen-bond donors (Lipinski definition) is 0. The van der Waals surface area contributed by atoms with Gasteiger partial charge in [0.1, 0.15) is 0 Å². The molecule has 118 valence electrons. The highest BCUT2D eigenvalue weighted by atomic mass is 19.4. The zero-order valence-corrected chi connectivity index (χ0v) is 13.4. The normalized spacial score (nSPS) is 16.4. The molecular formula is C16H22F3NO. The van der Waals surface area contributed by atoms with E-state index in [4.69, 9.17) is 0 Å². The zero-order chi connectivity index (χ0) is 16.6. The number of benzene rings is 1. The molecular weight excluding hydrogens is 279 g/mol. The molecule has 0 bridgehead atoms. The second-order valence-corrected chi connectivity index (χ2v) is 5.34. The van der Waals surface area contributed by atoms with Crippen LogP contribution in [0.4, 0.5) is 13.2 Å². The summed E-state index contributed by atoms with van der Waals surface area (Å²) in [5, 5.41) is 0. The number of aryl methyl sites for hydroxylation is 1. The van der Waals surface area contributed by atoms with Crippen molar-refractivity contribution >= 4 is 5.91 Å². The van der Waals surface area contributed by atoms with Gasteiger partial charge in [-0.25, -0.2) is 0 Å². The van der Waals surface area contributed by atoms with Gasteiger partial charge < -0.3 is 4.90 Å². The standard InChI is InChI=1S/C14H16F3NO.C2H6/c1-5-8-6-9-11(10(7-8)14(15,16)17)13(2,3)18(4)12(9)19;1-2/h6-7H,5H2,1-4H3;1-2H3. The summed E-state index contributed by atoms with van der Waals surface area (Å²) in [5.41, 5.74) is -0.831. The molecule has 5 heteroatoms. The Bertz CT molecular complexity index is 547. The molecule has 0 fully saturated rings. The molecule has 1 heterocycles. The summed E-state index contributed by atoms with van der Waals surface area (Å²) in [5.74, 6) is -0.346. The van der Waals surface area contributed by atoms with Gasteiger partial charge in [-0.2, -0.15) is 13.2 Å². The van der Waals surface area contributed by atoms with Crippen LogP contribution in [0.15, 0.2) is 12.1 Å². The van der Waals surface area contributed by atoms with Crippen LogP contribution in [0.3, 0.4) is 0 Å². The van der Waals surface area contributed by atoms with E-state index in [0.29, 0.717) is 12.0 Å². The summed E-state index contributed by atoms with van der Waals surface area (Å²) in [4.78, 5) is 13.5. The fourth-order valence-electron chi connectivity index (χ4n) is 2.56. The first-order valence-electron chi connectivity index (χ1n) is 7.13. The Labute approximate surface area is 123 Å². The Hall–Kier alpha value is -1.52. The molecule has 0 radical (unpaired) electrons. The number of carbonyl (C=O) groups excluding carboxylic acids is 1. The van der Waals surface area contributed by atoms with Crippen molar-refractivity contribution in [3.05, 3.63) is 34.4 Å². The van der Waals surface area contributed by atoms with Crippen LogP contribution in [0, 0.1) is 0 Å². The van der Waals surface area contributed by atoms with Gasteiger partial charge in [-0.05, 0) is 38.0 Å². The van der Waals surface area contributed by atoms with Gasteiger partial charge >= 0.3 is 6.18 Å². The van der Waals surface area contributed by atoms with Crippen LogP contribution in [0.25, 0.3) is 0 Å². The Kier molecular flexibility index (Phi) is 4.76. The fraction of sp³-hybridized carbons (Fsp3) is 0.562. The molecule has 1 aromatic rings. The van der Waals surface area contributed by atoms with Crippen molar-refractivity contribution in [2.45, 2.75) is 52.8 Å². The van der Waals surface area contributed by atoms with E-state index < -0.39 is 17.3 Å². The smallest absolute Gasteiger partial charge is 0.332 e. The Morgan fingerprint density at radius 1 is 1.19 bits per heavy atom. The topological polar surface area (TPSA) is 20.3 Å². The average Bonchev–Trinajstić information content (AvgIpc) is 2.60. The number of fused-ring (bicyclic) bond motifs is 1. The lowest BCUT2D eigenvalue weighted by Crippen LogP contribution is -2.36. The number of hydrogen-bond acceptors (Lipinski definition) is 1. The minimum absolute atomic E-state index is 0.0877. The monoisotopic (exact) mass is 301 g/mol. The molecule has 2 rings (SSSR count). The third kappa shape index (κ3) is 2.78. The molecule has 1 aliphatic rings. The van der Waals surface area contributed by atoms with E-state index in [-0.39, 0.29) is 17.0 Å². The van der Waals surface area contributed by atoms with E-state index in [1.165, 1.54) is 11.9 Å². The van der Waals surface area contributed by atoms with E-state index in [1.807, 2.05) is 13.8 Å². The van der Waals surface area contributed by atoms with Gasteiger partial charge in [0, 0.05) is 18.2 Å². The second-order valence-electron chi connectivity index (χ2n) is 5.34. The summed E-state index contributed by atoms with van der Waals surface area (Å²) >= 11 is 0. The summed E-state index contributed by atoms with van der Waals surface area (Å²) in [6, 6.07) is 2.74. The molecule has 2 nitrogen and oxygen atoms in total. The second kappa shape index (κ2) is 5.70. The molecule has 0 unspecified atom stereocenters. The Balaban J connectivity index is 0.00000106. The first-order chi connectivity index (χ1) is 9.60. The Morgan fingerprint density at radius 3 is 2.14 bits per heavy atom. The first kappa shape index (κ1) is 17.5. The van der Waals surface area contributed by atoms with Crippen LogP contribution >= 0.6 is 0 Å². The van der Waals surface area contributed by atoms with Gasteiger partial charge in [0.2, 0.25) is 0 Å². The van der Waals surface area contributed by atoms with Crippen LogP contribution in [0.5, 0.6) is 0 Å². The van der Waals surface area contributed by atoms with Crippen molar-refractivity contribution in [2.24, 2.45) is 0 Å². The third-order valence-corrected chi connectivity index (χ3v) is 3.90. The van der Waals surface area contributed by atoms with Gasteiger partial charge in [0.05, 0.1) is 11.1 Å². The first-order valence-corrected chi connectivity index (χ1v) is 7.13. The van der Waals surface area contributed by atoms with Crippen molar-refractivity contribution in [1.82, 2.24) is 4.90 Å². The molecule has 0 spiro atoms. The van der Waals surface area contributed by atoms with E-state index in [0.717, 1.165) is 6.07 Å². The van der Waals surface area contributed by atoms with Gasteiger partial charge in [-0.1, -0.05) is 20.8 Å². The summed E-state index contributed by atoms with van der Waals surface area (Å²) in [6.07, 6.45) is -3.98. The minimum atomic E-state index is -4.45. The molecule has 0 N–H and O–H groups in total. The van der Waals surface area contributed by atoms with Crippen LogP contribution in [-0.4, -0.2) is 17.9 Å². The van der Waals surface area contributed by atoms with Crippen LogP contribution in [0.2, 0.25) is 0 Å². The maximum atomic E-state index is 13.2. The van der Waals surface area contributed by atoms with E-state index in [9.17, 15) is 18.0 Å². The molecule has 0 aliphatic carbocycles. The van der Waals surface area contributed by atoms with Gasteiger partial charge in [0.25, 0.3) is 5.91 Å². The number of rotatable bonds is 1. The van der Waals surface area contributed by atoms with Crippen LogP contribution in [0.1, 0.15) is 61.7 Å². The van der Waals surface area contributed by atoms with Crippen molar-refractivity contribution in [3.8, 4) is 0 Å². The lowest BCUT2D eigenvalue weighted by atomic mass is 9.87. The van der Waals surface area contributed by atoms with Gasteiger partial charge in [0.15, 0.2) is 0 Å². The Morgan fingerprint density at radius 2 is 1.71 bits per heavy atom. The van der Waals surface area contributed by atoms with Crippen molar-refractivity contribution in [1.29, 1.82) is 0 Å². The quantitative estimate of drug-likeness (QED) is 0.741. The maximum Gasteiger partial charge on any atom is 0.416 e. The molecule has 0 aromatic heterocycles. The predicted molar refractivity (Wildman–Crippen MR) is 77.3 cm³/mol. The summed E-state index contributed by atoms with van der Waals surface area (Å²) in [7, 11) is 1.54. The number of halogens is 3. The van der Waals surface area contributed by atoms with Crippen molar-refractivity contribution < 1.29 is 18.0 Å². The van der Waals surface area contributed by atoms with Crippen molar-refractivity contribution in [2.75, 3.05) is 7.05 Å². The predicted octanol–water partition coefficient (Wildman–Crippen LogP) is 4.61. The largest absolute Gasteiger partial charge is 0.416 e. The van der Waals surface area contributed by atoms with Crippen molar-refractivity contribution in [3.63, 3.8) is 0 Å². The minimum Gasteiger partial charge on any atom is -0.332 e. The highest BCUT2D eigenvalue weighted by Gasteiger charge is 2.47. The van der Waals surface area contributed by atoms with E-state index in [1.54, 1.807) is 26.8 Å². The average molecular weight is 301 g/mol. The molecule has 1 amide bonds. The summed E-state index contributed by atoms with van der Waals surface area (Å²) in [6.45, 7) is 9.05. The zero-order valence-electron chi connectivity index (χ0n) is 13.4. The maximum absolute atomic E-state index is 13.2. The SMILES string of the molecule is CC.CCc1cc2c(c(C(F)(F)F)c1)C(C)(C)N(C)C2=O. The highest BCUT2D eigenvalue weighted by Crippen LogP contribution is 2.45. The number of amides is 1. The fourth-order valence-corrected chi connectivity index (χ4v) is 2.56. The molecule has 0 saturated heterocycles. The van der Waals surface area contributed by atoms with Crippen LogP contribution in [-0.2, 0) is 18.1 Å². The van der Waals surface area contributed by atoms with E-state index >= 15 is 0 Å². The number of alkyl halides is 3. The molecule has 0 saturated carbocycles. The van der Waals surface area contributed by atoms with Crippen LogP contribution < -0.4 is 0 Å². The molecule has 1 aromatic carbocycles. The van der Waals surface area contributed by atoms with Gasteiger partial charge in [-0.3, -0.25) is 4.79 Å². The number of carbonyl (C=O) groups is 1. The van der Waals surface area contributed by atoms with E-state index in [2.05, 4.69) is 0 Å². The highest BCUT2D eigenvalue weighted by molar-refractivity contribution is 6.00. The lowest BCUT2D eigenvalue weighted by Gasteiger charge is -2.30.